The Morgan fingerprint density at radius 3 is 2.00 bits per heavy atom. The molecule has 0 aliphatic heterocycles. The summed E-state index contributed by atoms with van der Waals surface area (Å²) in [5, 5.41) is -0.0830. The van der Waals surface area contributed by atoms with E-state index >= 15 is 0 Å². The first-order chi connectivity index (χ1) is 9.34. The van der Waals surface area contributed by atoms with Crippen molar-refractivity contribution in [3.8, 4) is 0 Å². The zero-order valence-electron chi connectivity index (χ0n) is 12.6. The molecular formula is C18H20ClI. The van der Waals surface area contributed by atoms with Crippen LogP contribution < -0.4 is 0 Å². The predicted octanol–water partition coefficient (Wildman–Crippen LogP) is 6.16. The normalized spacial score (nSPS) is 12.6. The average molecular weight is 399 g/mol. The SMILES string of the molecule is Cc1cc(C)c(C)c(C(Cl)c2cccc(C)c2I)c1C. The molecule has 0 N–H and O–H groups in total. The second-order valence-electron chi connectivity index (χ2n) is 5.51. The zero-order valence-corrected chi connectivity index (χ0v) is 15.6. The van der Waals surface area contributed by atoms with E-state index < -0.39 is 0 Å². The molecule has 1 atom stereocenters. The standard InChI is InChI=1S/C18H20ClI/c1-10-7-6-8-15(18(10)20)17(19)16-13(4)11(2)9-12(3)14(16)5/h6-9,17H,1-5H3. The molecule has 0 heterocycles. The molecule has 0 saturated carbocycles. The van der Waals surface area contributed by atoms with Crippen LogP contribution in [0.1, 0.15) is 44.3 Å². The van der Waals surface area contributed by atoms with Crippen LogP contribution >= 0.6 is 34.2 Å². The highest BCUT2D eigenvalue weighted by Crippen LogP contribution is 2.38. The van der Waals surface area contributed by atoms with Crippen molar-refractivity contribution in [2.24, 2.45) is 0 Å². The monoisotopic (exact) mass is 398 g/mol. The van der Waals surface area contributed by atoms with Crippen molar-refractivity contribution in [3.63, 3.8) is 0 Å². The molecule has 0 bridgehead atoms. The summed E-state index contributed by atoms with van der Waals surface area (Å²) in [4.78, 5) is 0. The van der Waals surface area contributed by atoms with E-state index in [9.17, 15) is 0 Å². The van der Waals surface area contributed by atoms with Crippen molar-refractivity contribution in [2.45, 2.75) is 40.0 Å². The summed E-state index contributed by atoms with van der Waals surface area (Å²) in [5.74, 6) is 0. The highest BCUT2D eigenvalue weighted by molar-refractivity contribution is 14.1. The van der Waals surface area contributed by atoms with Crippen LogP contribution in [-0.4, -0.2) is 0 Å². The minimum Gasteiger partial charge on any atom is -0.113 e. The first-order valence-corrected chi connectivity index (χ1v) is 8.32. The van der Waals surface area contributed by atoms with Gasteiger partial charge in [-0.25, -0.2) is 0 Å². The summed E-state index contributed by atoms with van der Waals surface area (Å²) in [5.41, 5.74) is 9.02. The quantitative estimate of drug-likeness (QED) is 0.420. The molecule has 1 unspecified atom stereocenters. The van der Waals surface area contributed by atoms with Gasteiger partial charge in [-0.15, -0.1) is 11.6 Å². The van der Waals surface area contributed by atoms with Gasteiger partial charge in [0, 0.05) is 3.57 Å². The molecule has 106 valence electrons. The van der Waals surface area contributed by atoms with Crippen LogP contribution in [0.2, 0.25) is 0 Å². The Balaban J connectivity index is 2.65. The summed E-state index contributed by atoms with van der Waals surface area (Å²) in [6.45, 7) is 10.8. The maximum absolute atomic E-state index is 6.86. The molecule has 2 aromatic carbocycles. The average Bonchev–Trinajstić information content (AvgIpc) is 2.40. The fourth-order valence-corrected chi connectivity index (χ4v) is 4.01. The molecule has 0 aliphatic rings. The summed E-state index contributed by atoms with van der Waals surface area (Å²) >= 11 is 9.26. The Labute approximate surface area is 140 Å². The van der Waals surface area contributed by atoms with Gasteiger partial charge in [0.25, 0.3) is 0 Å². The van der Waals surface area contributed by atoms with Crippen LogP contribution in [0.15, 0.2) is 24.3 Å². The van der Waals surface area contributed by atoms with Crippen LogP contribution in [0.3, 0.4) is 0 Å². The van der Waals surface area contributed by atoms with Crippen molar-refractivity contribution >= 4 is 34.2 Å². The summed E-state index contributed by atoms with van der Waals surface area (Å²) in [7, 11) is 0. The fourth-order valence-electron chi connectivity index (χ4n) is 2.65. The first kappa shape index (κ1) is 15.8. The Morgan fingerprint density at radius 2 is 1.45 bits per heavy atom. The highest BCUT2D eigenvalue weighted by Gasteiger charge is 2.20. The maximum Gasteiger partial charge on any atom is 0.0851 e. The Kier molecular flexibility index (Phi) is 4.80. The van der Waals surface area contributed by atoms with Crippen LogP contribution in [-0.2, 0) is 0 Å². The smallest absolute Gasteiger partial charge is 0.0851 e. The molecule has 0 saturated heterocycles. The Hall–Kier alpha value is -0.540. The molecule has 0 aliphatic carbocycles. The van der Waals surface area contributed by atoms with E-state index in [1.807, 2.05) is 0 Å². The van der Waals surface area contributed by atoms with Gasteiger partial charge < -0.3 is 0 Å². The van der Waals surface area contributed by atoms with Gasteiger partial charge in [0.15, 0.2) is 0 Å². The third kappa shape index (κ3) is 2.75. The lowest BCUT2D eigenvalue weighted by Crippen LogP contribution is -2.05. The second-order valence-corrected chi connectivity index (χ2v) is 7.03. The molecule has 0 aromatic heterocycles. The number of halogens is 2. The minimum atomic E-state index is -0.0830. The Morgan fingerprint density at radius 1 is 0.900 bits per heavy atom. The maximum atomic E-state index is 6.86. The van der Waals surface area contributed by atoms with Crippen molar-refractivity contribution in [3.05, 3.63) is 66.8 Å². The van der Waals surface area contributed by atoms with Gasteiger partial charge in [-0.3, -0.25) is 0 Å². The molecule has 0 fully saturated rings. The fraction of sp³-hybridized carbons (Fsp3) is 0.333. The molecule has 0 spiro atoms. The lowest BCUT2D eigenvalue weighted by atomic mass is 9.89. The van der Waals surface area contributed by atoms with E-state index in [4.69, 9.17) is 11.6 Å². The number of benzene rings is 2. The molecule has 2 heteroatoms. The van der Waals surface area contributed by atoms with Gasteiger partial charge in [0.05, 0.1) is 5.38 Å². The lowest BCUT2D eigenvalue weighted by molar-refractivity contribution is 1.04. The van der Waals surface area contributed by atoms with Crippen LogP contribution in [0.4, 0.5) is 0 Å². The third-order valence-corrected chi connectivity index (χ3v) is 6.10. The lowest BCUT2D eigenvalue weighted by Gasteiger charge is -2.21. The molecule has 2 rings (SSSR count). The van der Waals surface area contributed by atoms with Crippen molar-refractivity contribution < 1.29 is 0 Å². The van der Waals surface area contributed by atoms with E-state index in [1.54, 1.807) is 0 Å². The van der Waals surface area contributed by atoms with Gasteiger partial charge in [0.1, 0.15) is 0 Å². The van der Waals surface area contributed by atoms with Gasteiger partial charge in [0.2, 0.25) is 0 Å². The van der Waals surface area contributed by atoms with Gasteiger partial charge in [-0.05, 0) is 96.2 Å². The van der Waals surface area contributed by atoms with Gasteiger partial charge in [-0.1, -0.05) is 24.3 Å². The first-order valence-electron chi connectivity index (χ1n) is 6.81. The van der Waals surface area contributed by atoms with Crippen LogP contribution in [0, 0.1) is 38.2 Å². The van der Waals surface area contributed by atoms with Gasteiger partial charge >= 0.3 is 0 Å². The Bertz CT molecular complexity index is 633. The molecular weight excluding hydrogens is 379 g/mol. The topological polar surface area (TPSA) is 0 Å². The number of rotatable bonds is 2. The molecule has 0 radical (unpaired) electrons. The molecule has 2 aromatic rings. The summed E-state index contributed by atoms with van der Waals surface area (Å²) < 4.78 is 1.27. The summed E-state index contributed by atoms with van der Waals surface area (Å²) in [6.07, 6.45) is 0. The number of hydrogen-bond acceptors (Lipinski definition) is 0. The second kappa shape index (κ2) is 6.07. The van der Waals surface area contributed by atoms with Crippen LogP contribution in [0.5, 0.6) is 0 Å². The summed E-state index contributed by atoms with van der Waals surface area (Å²) in [6, 6.07) is 8.62. The highest BCUT2D eigenvalue weighted by atomic mass is 127. The largest absolute Gasteiger partial charge is 0.113 e. The van der Waals surface area contributed by atoms with E-state index in [0.717, 1.165) is 0 Å². The minimum absolute atomic E-state index is 0.0830. The predicted molar refractivity (Wildman–Crippen MR) is 97.0 cm³/mol. The third-order valence-electron chi connectivity index (χ3n) is 4.17. The van der Waals surface area contributed by atoms with Crippen molar-refractivity contribution in [1.29, 1.82) is 0 Å². The van der Waals surface area contributed by atoms with E-state index in [1.165, 1.54) is 42.5 Å². The molecule has 0 nitrogen and oxygen atoms in total. The zero-order chi connectivity index (χ0) is 15.0. The van der Waals surface area contributed by atoms with Crippen molar-refractivity contribution in [1.82, 2.24) is 0 Å². The van der Waals surface area contributed by atoms with E-state index in [-0.39, 0.29) is 5.38 Å². The molecule has 20 heavy (non-hydrogen) atoms. The van der Waals surface area contributed by atoms with Crippen molar-refractivity contribution in [2.75, 3.05) is 0 Å². The number of alkyl halides is 1. The number of hydrogen-bond donors (Lipinski definition) is 0. The molecule has 0 amide bonds. The van der Waals surface area contributed by atoms with Crippen LogP contribution in [0.25, 0.3) is 0 Å². The van der Waals surface area contributed by atoms with Gasteiger partial charge in [-0.2, -0.15) is 0 Å². The number of aryl methyl sites for hydroxylation is 3. The van der Waals surface area contributed by atoms with E-state index in [0.29, 0.717) is 0 Å². The van der Waals surface area contributed by atoms with E-state index in [2.05, 4.69) is 81.5 Å².